The lowest BCUT2D eigenvalue weighted by molar-refractivity contribution is -0.249. The lowest BCUT2D eigenvalue weighted by Gasteiger charge is -2.75. The Morgan fingerprint density at radius 3 is 2.09 bits per heavy atom. The van der Waals surface area contributed by atoms with Gasteiger partial charge in [0.05, 0.1) is 6.10 Å². The van der Waals surface area contributed by atoms with Crippen LogP contribution in [-0.2, 0) is 0 Å². The molecule has 1 N–H and O–H groups in total. The van der Waals surface area contributed by atoms with E-state index in [1.165, 1.54) is 57.8 Å². The highest BCUT2D eigenvalue weighted by Gasteiger charge is 2.72. The molecule has 8 unspecified atom stereocenters. The van der Waals surface area contributed by atoms with Crippen molar-refractivity contribution in [3.63, 3.8) is 0 Å². The zero-order valence-electron chi connectivity index (χ0n) is 22.8. The summed E-state index contributed by atoms with van der Waals surface area (Å²) >= 11 is 0. The molecule has 0 aromatic heterocycles. The van der Waals surface area contributed by atoms with Gasteiger partial charge in [-0.2, -0.15) is 0 Å². The molecule has 32 heavy (non-hydrogen) atoms. The second kappa shape index (κ2) is 6.47. The maximum Gasteiger partial charge on any atom is 0.0594 e. The number of aliphatic hydroxyl groups is 1. The highest BCUT2D eigenvalue weighted by atomic mass is 16.3. The Morgan fingerprint density at radius 1 is 0.750 bits per heavy atom. The van der Waals surface area contributed by atoms with Gasteiger partial charge in [0.1, 0.15) is 0 Å². The lowest BCUT2D eigenvalue weighted by atomic mass is 9.29. The summed E-state index contributed by atoms with van der Waals surface area (Å²) in [6, 6.07) is 0. The molecule has 1 heteroatoms. The average molecular weight is 441 g/mol. The van der Waals surface area contributed by atoms with Crippen molar-refractivity contribution in [1.29, 1.82) is 0 Å². The number of rotatable bonds is 0. The van der Waals surface area contributed by atoms with Crippen molar-refractivity contribution in [2.75, 3.05) is 0 Å². The van der Waals surface area contributed by atoms with Gasteiger partial charge in [0.2, 0.25) is 0 Å². The first-order valence-electron chi connectivity index (χ1n) is 14.0. The molecule has 1 nitrogen and oxygen atoms in total. The van der Waals surface area contributed by atoms with Gasteiger partial charge in [-0.05, 0) is 114 Å². The summed E-state index contributed by atoms with van der Waals surface area (Å²) in [6.07, 6.45) is 15.7. The molecule has 0 radical (unpaired) electrons. The molecule has 0 aromatic rings. The quantitative estimate of drug-likeness (QED) is 0.374. The molecule has 5 rings (SSSR count). The normalized spacial score (nSPS) is 56.2. The second-order valence-electron chi connectivity index (χ2n) is 15.8. The van der Waals surface area contributed by atoms with Crippen LogP contribution in [0.5, 0.6) is 0 Å². The van der Waals surface area contributed by atoms with E-state index in [2.05, 4.69) is 68.4 Å². The smallest absolute Gasteiger partial charge is 0.0594 e. The van der Waals surface area contributed by atoms with Crippen LogP contribution in [-0.4, -0.2) is 11.2 Å². The van der Waals surface area contributed by atoms with Gasteiger partial charge in [-0.1, -0.05) is 74.0 Å². The van der Waals surface area contributed by atoms with Crippen molar-refractivity contribution in [3.8, 4) is 0 Å². The predicted octanol–water partition coefficient (Wildman–Crippen LogP) is 8.56. The maximum atomic E-state index is 11.0. The maximum absolute atomic E-state index is 11.0. The Balaban J connectivity index is 1.62. The SMILES string of the molecule is CC1(C)CCC2(C)CCC3(C)C(=CCC4(C)C5(C)CCC(O)C(C)(C)C5CCC34C)C2C1. The zero-order valence-corrected chi connectivity index (χ0v) is 22.8. The van der Waals surface area contributed by atoms with Gasteiger partial charge >= 0.3 is 0 Å². The summed E-state index contributed by atoms with van der Waals surface area (Å²) < 4.78 is 0. The number of hydrogen-bond donors (Lipinski definition) is 1. The summed E-state index contributed by atoms with van der Waals surface area (Å²) in [4.78, 5) is 0. The van der Waals surface area contributed by atoms with Gasteiger partial charge in [-0.25, -0.2) is 0 Å². The Labute approximate surface area is 199 Å². The molecule has 4 saturated carbocycles. The summed E-state index contributed by atoms with van der Waals surface area (Å²) in [5.41, 5.74) is 4.18. The van der Waals surface area contributed by atoms with Gasteiger partial charge in [0.15, 0.2) is 0 Å². The van der Waals surface area contributed by atoms with Crippen molar-refractivity contribution in [3.05, 3.63) is 11.6 Å². The third kappa shape index (κ3) is 2.56. The standard InChI is InChI=1S/C31H52O/c1-25(2)16-17-27(5)18-19-28(6)21(22(27)20-25)10-14-31(9)29(7)13-12-24(32)26(3,4)23(29)11-15-30(28,31)8/h10,22-24,32H,11-20H2,1-9H3. The fourth-order valence-corrected chi connectivity index (χ4v) is 10.9. The second-order valence-corrected chi connectivity index (χ2v) is 15.8. The first kappa shape index (κ1) is 23.4. The average Bonchev–Trinajstić information content (AvgIpc) is 2.69. The van der Waals surface area contributed by atoms with Gasteiger partial charge in [-0.15, -0.1) is 0 Å². The Morgan fingerprint density at radius 2 is 1.41 bits per heavy atom. The molecule has 0 heterocycles. The summed E-state index contributed by atoms with van der Waals surface area (Å²) in [5, 5.41) is 11.0. The van der Waals surface area contributed by atoms with Gasteiger partial charge in [0, 0.05) is 0 Å². The molecule has 0 aromatic carbocycles. The van der Waals surface area contributed by atoms with E-state index in [-0.39, 0.29) is 11.5 Å². The van der Waals surface area contributed by atoms with Crippen LogP contribution in [0.1, 0.15) is 127 Å². The van der Waals surface area contributed by atoms with Crippen LogP contribution in [0.3, 0.4) is 0 Å². The highest BCUT2D eigenvalue weighted by Crippen LogP contribution is 2.79. The number of hydrogen-bond acceptors (Lipinski definition) is 1. The van der Waals surface area contributed by atoms with E-state index in [4.69, 9.17) is 0 Å². The van der Waals surface area contributed by atoms with Gasteiger partial charge in [-0.3, -0.25) is 0 Å². The fraction of sp³-hybridized carbons (Fsp3) is 0.935. The van der Waals surface area contributed by atoms with Gasteiger partial charge in [0.25, 0.3) is 0 Å². The van der Waals surface area contributed by atoms with E-state index in [1.807, 2.05) is 5.57 Å². The van der Waals surface area contributed by atoms with Crippen molar-refractivity contribution in [2.24, 2.45) is 49.7 Å². The summed E-state index contributed by atoms with van der Waals surface area (Å²) in [6.45, 7) is 23.2. The highest BCUT2D eigenvalue weighted by molar-refractivity contribution is 5.35. The third-order valence-electron chi connectivity index (χ3n) is 14.0. The molecule has 5 aliphatic rings. The van der Waals surface area contributed by atoms with E-state index >= 15 is 0 Å². The van der Waals surface area contributed by atoms with E-state index < -0.39 is 0 Å². The first-order valence-corrected chi connectivity index (χ1v) is 14.0. The van der Waals surface area contributed by atoms with Crippen LogP contribution in [0, 0.1) is 49.7 Å². The van der Waals surface area contributed by atoms with Crippen molar-refractivity contribution in [1.82, 2.24) is 0 Å². The molecule has 8 atom stereocenters. The molecule has 5 aliphatic carbocycles. The van der Waals surface area contributed by atoms with Crippen LogP contribution >= 0.6 is 0 Å². The first-order chi connectivity index (χ1) is 14.6. The third-order valence-corrected chi connectivity index (χ3v) is 14.0. The minimum Gasteiger partial charge on any atom is -0.393 e. The monoisotopic (exact) mass is 440 g/mol. The number of fused-ring (bicyclic) bond motifs is 7. The minimum absolute atomic E-state index is 0.0285. The summed E-state index contributed by atoms with van der Waals surface area (Å²) in [7, 11) is 0. The molecular formula is C31H52O. The topological polar surface area (TPSA) is 20.2 Å². The molecular weight excluding hydrogens is 388 g/mol. The fourth-order valence-electron chi connectivity index (χ4n) is 10.9. The van der Waals surface area contributed by atoms with Crippen LogP contribution < -0.4 is 0 Å². The number of allylic oxidation sites excluding steroid dienone is 2. The van der Waals surface area contributed by atoms with Crippen LogP contribution in [0.25, 0.3) is 0 Å². The molecule has 0 saturated heterocycles. The minimum atomic E-state index is -0.140. The molecule has 4 fully saturated rings. The van der Waals surface area contributed by atoms with Crippen LogP contribution in [0.15, 0.2) is 11.6 Å². The van der Waals surface area contributed by atoms with Gasteiger partial charge < -0.3 is 5.11 Å². The largest absolute Gasteiger partial charge is 0.393 e. The van der Waals surface area contributed by atoms with Crippen LogP contribution in [0.2, 0.25) is 0 Å². The van der Waals surface area contributed by atoms with E-state index in [0.717, 1.165) is 12.3 Å². The van der Waals surface area contributed by atoms with Crippen LogP contribution in [0.4, 0.5) is 0 Å². The van der Waals surface area contributed by atoms with Crippen molar-refractivity contribution < 1.29 is 5.11 Å². The summed E-state index contributed by atoms with van der Waals surface area (Å²) in [5.74, 6) is 1.40. The molecule has 0 aliphatic heterocycles. The van der Waals surface area contributed by atoms with E-state index in [0.29, 0.717) is 38.4 Å². The Kier molecular flexibility index (Phi) is 4.74. The van der Waals surface area contributed by atoms with E-state index in [9.17, 15) is 5.11 Å². The van der Waals surface area contributed by atoms with Crippen molar-refractivity contribution >= 4 is 0 Å². The number of aliphatic hydroxyl groups excluding tert-OH is 1. The zero-order chi connectivity index (χ0) is 23.6. The Bertz CT molecular complexity index is 835. The lowest BCUT2D eigenvalue weighted by Crippen LogP contribution is -2.69. The van der Waals surface area contributed by atoms with Crippen molar-refractivity contribution in [2.45, 2.75) is 133 Å². The van der Waals surface area contributed by atoms with E-state index in [1.54, 1.807) is 0 Å². The molecule has 0 bridgehead atoms. The molecule has 182 valence electrons. The predicted molar refractivity (Wildman–Crippen MR) is 135 cm³/mol. The molecule has 0 amide bonds. The molecule has 0 spiro atoms. The Hall–Kier alpha value is -0.300.